The standard InChI is InChI=1S/C15H19N3OS/c1-11-7-8-18(17-11)12(2)9-15(19)16-13-5-4-6-14(10-13)20-3/h4-8,10,12H,9H2,1-3H3,(H,16,19)/t12-/m0/s1. The normalized spacial score (nSPS) is 12.2. The number of amides is 1. The van der Waals surface area contributed by atoms with Crippen molar-refractivity contribution in [2.75, 3.05) is 11.6 Å². The first-order valence-electron chi connectivity index (χ1n) is 6.54. The summed E-state index contributed by atoms with van der Waals surface area (Å²) >= 11 is 1.66. The van der Waals surface area contributed by atoms with Crippen LogP contribution in [0.15, 0.2) is 41.4 Å². The van der Waals surface area contributed by atoms with E-state index in [1.165, 1.54) is 0 Å². The van der Waals surface area contributed by atoms with Crippen LogP contribution in [0.5, 0.6) is 0 Å². The van der Waals surface area contributed by atoms with Crippen molar-refractivity contribution in [3.05, 3.63) is 42.2 Å². The monoisotopic (exact) mass is 289 g/mol. The van der Waals surface area contributed by atoms with Crippen molar-refractivity contribution in [3.8, 4) is 0 Å². The van der Waals surface area contributed by atoms with Gasteiger partial charge in [0.15, 0.2) is 0 Å². The van der Waals surface area contributed by atoms with Crippen LogP contribution >= 0.6 is 11.8 Å². The molecular weight excluding hydrogens is 270 g/mol. The second-order valence-corrected chi connectivity index (χ2v) is 5.65. The quantitative estimate of drug-likeness (QED) is 0.857. The first-order chi connectivity index (χ1) is 9.58. The van der Waals surface area contributed by atoms with E-state index in [4.69, 9.17) is 0 Å². The van der Waals surface area contributed by atoms with Crippen LogP contribution in [0.1, 0.15) is 25.1 Å². The molecule has 1 aromatic carbocycles. The lowest BCUT2D eigenvalue weighted by Crippen LogP contribution is -2.18. The molecule has 0 fully saturated rings. The minimum absolute atomic E-state index is 0.00362. The molecule has 20 heavy (non-hydrogen) atoms. The molecule has 0 aliphatic heterocycles. The number of hydrogen-bond donors (Lipinski definition) is 1. The van der Waals surface area contributed by atoms with Crippen molar-refractivity contribution in [3.63, 3.8) is 0 Å². The molecule has 0 radical (unpaired) electrons. The first-order valence-corrected chi connectivity index (χ1v) is 7.76. The number of nitrogens with zero attached hydrogens (tertiary/aromatic N) is 2. The summed E-state index contributed by atoms with van der Waals surface area (Å²) in [6, 6.07) is 9.84. The van der Waals surface area contributed by atoms with E-state index in [1.54, 1.807) is 11.8 Å². The maximum atomic E-state index is 12.0. The average Bonchev–Trinajstić information content (AvgIpc) is 2.85. The van der Waals surface area contributed by atoms with Crippen molar-refractivity contribution >= 4 is 23.4 Å². The molecule has 1 heterocycles. The van der Waals surface area contributed by atoms with Gasteiger partial charge in [-0.15, -0.1) is 11.8 Å². The fraction of sp³-hybridized carbons (Fsp3) is 0.333. The number of aryl methyl sites for hydroxylation is 1. The predicted octanol–water partition coefficient (Wildman–Crippen LogP) is 3.50. The van der Waals surface area contributed by atoms with Gasteiger partial charge >= 0.3 is 0 Å². The average molecular weight is 289 g/mol. The van der Waals surface area contributed by atoms with Crippen LogP contribution in [0.2, 0.25) is 0 Å². The molecule has 5 heteroatoms. The van der Waals surface area contributed by atoms with Gasteiger partial charge in [-0.1, -0.05) is 6.07 Å². The number of nitrogens with one attached hydrogen (secondary N) is 1. The minimum Gasteiger partial charge on any atom is -0.326 e. The SMILES string of the molecule is CSc1cccc(NC(=O)C[C@H](C)n2ccc(C)n2)c1. The number of aromatic nitrogens is 2. The molecule has 2 rings (SSSR count). The number of anilines is 1. The van der Waals surface area contributed by atoms with Crippen molar-refractivity contribution in [1.29, 1.82) is 0 Å². The van der Waals surface area contributed by atoms with E-state index in [9.17, 15) is 4.79 Å². The Hall–Kier alpha value is -1.75. The van der Waals surface area contributed by atoms with Gasteiger partial charge in [-0.25, -0.2) is 0 Å². The van der Waals surface area contributed by atoms with E-state index in [-0.39, 0.29) is 11.9 Å². The van der Waals surface area contributed by atoms with Crippen LogP contribution in [0.25, 0.3) is 0 Å². The molecule has 0 saturated carbocycles. The van der Waals surface area contributed by atoms with Gasteiger partial charge in [-0.05, 0) is 44.4 Å². The highest BCUT2D eigenvalue weighted by Crippen LogP contribution is 2.19. The topological polar surface area (TPSA) is 46.9 Å². The Balaban J connectivity index is 1.95. The van der Waals surface area contributed by atoms with E-state index < -0.39 is 0 Å². The van der Waals surface area contributed by atoms with Crippen LogP contribution in [0, 0.1) is 6.92 Å². The predicted molar refractivity (Wildman–Crippen MR) is 83.1 cm³/mol. The molecule has 1 N–H and O–H groups in total. The zero-order valence-electron chi connectivity index (χ0n) is 12.0. The third-order valence-corrected chi connectivity index (χ3v) is 3.75. The van der Waals surface area contributed by atoms with Gasteiger partial charge in [0, 0.05) is 23.2 Å². The van der Waals surface area contributed by atoms with E-state index in [2.05, 4.69) is 10.4 Å². The van der Waals surface area contributed by atoms with Crippen molar-refractivity contribution < 1.29 is 4.79 Å². The number of rotatable bonds is 5. The van der Waals surface area contributed by atoms with E-state index >= 15 is 0 Å². The molecule has 0 unspecified atom stereocenters. The zero-order chi connectivity index (χ0) is 14.5. The lowest BCUT2D eigenvalue weighted by atomic mass is 10.2. The van der Waals surface area contributed by atoms with Gasteiger partial charge in [-0.2, -0.15) is 5.10 Å². The number of hydrogen-bond acceptors (Lipinski definition) is 3. The Morgan fingerprint density at radius 1 is 1.45 bits per heavy atom. The highest BCUT2D eigenvalue weighted by Gasteiger charge is 2.11. The second-order valence-electron chi connectivity index (χ2n) is 4.77. The minimum atomic E-state index is 0.00362. The largest absolute Gasteiger partial charge is 0.326 e. The molecule has 2 aromatic rings. The fourth-order valence-electron chi connectivity index (χ4n) is 1.95. The maximum Gasteiger partial charge on any atom is 0.226 e. The highest BCUT2D eigenvalue weighted by atomic mass is 32.2. The lowest BCUT2D eigenvalue weighted by molar-refractivity contribution is -0.116. The van der Waals surface area contributed by atoms with Gasteiger partial charge in [-0.3, -0.25) is 9.48 Å². The molecule has 4 nitrogen and oxygen atoms in total. The number of thioether (sulfide) groups is 1. The third kappa shape index (κ3) is 3.87. The summed E-state index contributed by atoms with van der Waals surface area (Å²) in [5, 5.41) is 7.26. The molecule has 0 saturated heterocycles. The number of carbonyl (C=O) groups excluding carboxylic acids is 1. The molecule has 106 valence electrons. The summed E-state index contributed by atoms with van der Waals surface area (Å²) in [4.78, 5) is 13.2. The zero-order valence-corrected chi connectivity index (χ0v) is 12.8. The lowest BCUT2D eigenvalue weighted by Gasteiger charge is -2.12. The van der Waals surface area contributed by atoms with Crippen LogP contribution in [0.4, 0.5) is 5.69 Å². The Morgan fingerprint density at radius 3 is 2.90 bits per heavy atom. The summed E-state index contributed by atoms with van der Waals surface area (Å²) in [7, 11) is 0. The molecular formula is C15H19N3OS. The van der Waals surface area contributed by atoms with Gasteiger partial charge in [0.25, 0.3) is 0 Å². The van der Waals surface area contributed by atoms with Gasteiger partial charge in [0.1, 0.15) is 0 Å². The smallest absolute Gasteiger partial charge is 0.226 e. The molecule has 0 aliphatic rings. The molecule has 0 aliphatic carbocycles. The maximum absolute atomic E-state index is 12.0. The highest BCUT2D eigenvalue weighted by molar-refractivity contribution is 7.98. The Labute approximate surface area is 123 Å². The van der Waals surface area contributed by atoms with Crippen LogP contribution in [-0.4, -0.2) is 21.9 Å². The van der Waals surface area contributed by atoms with Gasteiger partial charge in [0.2, 0.25) is 5.91 Å². The summed E-state index contributed by atoms with van der Waals surface area (Å²) in [5.41, 5.74) is 1.80. The molecule has 1 amide bonds. The van der Waals surface area contributed by atoms with Crippen LogP contribution < -0.4 is 5.32 Å². The third-order valence-electron chi connectivity index (χ3n) is 3.03. The van der Waals surface area contributed by atoms with Crippen molar-refractivity contribution in [2.45, 2.75) is 31.2 Å². The summed E-state index contributed by atoms with van der Waals surface area (Å²) < 4.78 is 1.83. The molecule has 0 bridgehead atoms. The van der Waals surface area contributed by atoms with E-state index in [0.717, 1.165) is 16.3 Å². The number of carbonyl (C=O) groups is 1. The van der Waals surface area contributed by atoms with Gasteiger partial charge < -0.3 is 5.32 Å². The molecule has 1 atom stereocenters. The van der Waals surface area contributed by atoms with Crippen molar-refractivity contribution in [1.82, 2.24) is 9.78 Å². The Bertz CT molecular complexity index is 594. The van der Waals surface area contributed by atoms with Gasteiger partial charge in [0.05, 0.1) is 11.7 Å². The molecule has 1 aromatic heterocycles. The summed E-state index contributed by atoms with van der Waals surface area (Å²) in [6.07, 6.45) is 4.33. The summed E-state index contributed by atoms with van der Waals surface area (Å²) in [5.74, 6) is 0.00362. The van der Waals surface area contributed by atoms with Crippen LogP contribution in [-0.2, 0) is 4.79 Å². The second kappa shape index (κ2) is 6.61. The fourth-order valence-corrected chi connectivity index (χ4v) is 2.41. The number of benzene rings is 1. The first kappa shape index (κ1) is 14.7. The van der Waals surface area contributed by atoms with Crippen LogP contribution in [0.3, 0.4) is 0 Å². The van der Waals surface area contributed by atoms with E-state index in [0.29, 0.717) is 6.42 Å². The molecule has 0 spiro atoms. The Morgan fingerprint density at radius 2 is 2.25 bits per heavy atom. The van der Waals surface area contributed by atoms with Crippen molar-refractivity contribution in [2.24, 2.45) is 0 Å². The summed E-state index contributed by atoms with van der Waals surface area (Å²) in [6.45, 7) is 3.93. The van der Waals surface area contributed by atoms with E-state index in [1.807, 2.05) is 61.3 Å². The Kier molecular flexibility index (Phi) is 4.84.